The second-order valence-corrected chi connectivity index (χ2v) is 10.9. The average Bonchev–Trinajstić information content (AvgIpc) is 2.93. The molecule has 1 fully saturated rings. The lowest BCUT2D eigenvalue weighted by molar-refractivity contribution is -0.116. The molecular weight excluding hydrogens is 388 g/mol. The number of amides is 1. The molecule has 1 aromatic carbocycles. The molecule has 152 valence electrons. The van der Waals surface area contributed by atoms with Crippen molar-refractivity contribution in [3.05, 3.63) is 24.3 Å². The van der Waals surface area contributed by atoms with Crippen LogP contribution in [0.2, 0.25) is 0 Å². The number of hydrogen-bond donors (Lipinski definition) is 2. The first-order chi connectivity index (χ1) is 12.7. The molecule has 1 unspecified atom stereocenters. The van der Waals surface area contributed by atoms with Crippen molar-refractivity contribution in [2.24, 2.45) is 0 Å². The Balaban J connectivity index is 1.85. The first-order valence-electron chi connectivity index (χ1n) is 9.34. The van der Waals surface area contributed by atoms with Gasteiger partial charge in [-0.1, -0.05) is 32.6 Å². The number of rotatable bonds is 10. The molecule has 1 atom stereocenters. The maximum atomic E-state index is 12.4. The van der Waals surface area contributed by atoms with Crippen LogP contribution in [0.3, 0.4) is 0 Å². The third-order valence-electron chi connectivity index (χ3n) is 4.51. The van der Waals surface area contributed by atoms with E-state index in [9.17, 15) is 21.6 Å². The minimum Gasteiger partial charge on any atom is -0.326 e. The van der Waals surface area contributed by atoms with E-state index in [2.05, 4.69) is 17.0 Å². The molecule has 1 heterocycles. The van der Waals surface area contributed by atoms with Gasteiger partial charge in [0.15, 0.2) is 9.84 Å². The number of nitrogens with one attached hydrogen (secondary N) is 2. The molecule has 2 N–H and O–H groups in total. The largest absolute Gasteiger partial charge is 0.326 e. The lowest BCUT2D eigenvalue weighted by Crippen LogP contribution is -2.35. The van der Waals surface area contributed by atoms with E-state index in [0.717, 1.165) is 25.7 Å². The minimum atomic E-state index is -3.79. The summed E-state index contributed by atoms with van der Waals surface area (Å²) in [6.45, 7) is 2.14. The summed E-state index contributed by atoms with van der Waals surface area (Å²) in [7, 11) is -6.95. The summed E-state index contributed by atoms with van der Waals surface area (Å²) < 4.78 is 50.1. The summed E-state index contributed by atoms with van der Waals surface area (Å²) in [4.78, 5) is 12.0. The van der Waals surface area contributed by atoms with Crippen molar-refractivity contribution in [1.29, 1.82) is 0 Å². The third-order valence-corrected chi connectivity index (χ3v) is 7.81. The van der Waals surface area contributed by atoms with E-state index in [-0.39, 0.29) is 28.7 Å². The zero-order valence-corrected chi connectivity index (χ0v) is 17.2. The fraction of sp³-hybridized carbons (Fsp3) is 0.611. The molecule has 0 aromatic heterocycles. The second kappa shape index (κ2) is 9.66. The predicted molar refractivity (Wildman–Crippen MR) is 106 cm³/mol. The molecule has 0 bridgehead atoms. The molecule has 0 saturated carbocycles. The van der Waals surface area contributed by atoms with Gasteiger partial charge in [0, 0.05) is 18.2 Å². The lowest BCUT2D eigenvalue weighted by atomic mass is 10.1. The standard InChI is InChI=1S/C18H28N2O5S2/c1-2-3-4-5-6-7-18(21)19-15-8-10-17(11-9-15)27(24,25)20-16-12-13-26(22,23)14-16/h8-11,16,20H,2-7,12-14H2,1H3,(H,19,21). The van der Waals surface area contributed by atoms with Gasteiger partial charge in [-0.2, -0.15) is 0 Å². The maximum absolute atomic E-state index is 12.4. The Kier molecular flexibility index (Phi) is 7.81. The number of benzene rings is 1. The number of hydrogen-bond acceptors (Lipinski definition) is 5. The molecule has 1 aliphatic rings. The smallest absolute Gasteiger partial charge is 0.240 e. The van der Waals surface area contributed by atoms with E-state index in [4.69, 9.17) is 0 Å². The zero-order chi connectivity index (χ0) is 19.9. The summed E-state index contributed by atoms with van der Waals surface area (Å²) >= 11 is 0. The highest BCUT2D eigenvalue weighted by atomic mass is 32.2. The number of anilines is 1. The van der Waals surface area contributed by atoms with Gasteiger partial charge in [0.2, 0.25) is 15.9 Å². The van der Waals surface area contributed by atoms with E-state index in [1.807, 2.05) is 0 Å². The van der Waals surface area contributed by atoms with Crippen LogP contribution in [-0.2, 0) is 24.7 Å². The van der Waals surface area contributed by atoms with Crippen LogP contribution in [0.25, 0.3) is 0 Å². The Morgan fingerprint density at radius 1 is 1.11 bits per heavy atom. The number of carbonyl (C=O) groups is 1. The fourth-order valence-electron chi connectivity index (χ4n) is 3.01. The van der Waals surface area contributed by atoms with Gasteiger partial charge < -0.3 is 5.32 Å². The van der Waals surface area contributed by atoms with Gasteiger partial charge in [0.1, 0.15) is 0 Å². The van der Waals surface area contributed by atoms with Crippen molar-refractivity contribution < 1.29 is 21.6 Å². The molecule has 27 heavy (non-hydrogen) atoms. The highest BCUT2D eigenvalue weighted by Gasteiger charge is 2.31. The lowest BCUT2D eigenvalue weighted by Gasteiger charge is -2.12. The van der Waals surface area contributed by atoms with E-state index in [1.165, 1.54) is 30.7 Å². The fourth-order valence-corrected chi connectivity index (χ4v) is 6.05. The van der Waals surface area contributed by atoms with Gasteiger partial charge >= 0.3 is 0 Å². The van der Waals surface area contributed by atoms with E-state index >= 15 is 0 Å². The van der Waals surface area contributed by atoms with Gasteiger partial charge in [0.25, 0.3) is 0 Å². The van der Waals surface area contributed by atoms with Crippen molar-refractivity contribution in [2.75, 3.05) is 16.8 Å². The quantitative estimate of drug-likeness (QED) is 0.569. The van der Waals surface area contributed by atoms with Crippen LogP contribution >= 0.6 is 0 Å². The topological polar surface area (TPSA) is 109 Å². The second-order valence-electron chi connectivity index (χ2n) is 6.96. The Hall–Kier alpha value is -1.45. The van der Waals surface area contributed by atoms with Crippen molar-refractivity contribution >= 4 is 31.5 Å². The first-order valence-corrected chi connectivity index (χ1v) is 12.6. The molecule has 9 heteroatoms. The van der Waals surface area contributed by atoms with Gasteiger partial charge in [-0.3, -0.25) is 4.79 Å². The molecule has 7 nitrogen and oxygen atoms in total. The molecule has 1 amide bonds. The number of sulfonamides is 1. The maximum Gasteiger partial charge on any atom is 0.240 e. The minimum absolute atomic E-state index is 0.00357. The normalized spacial score (nSPS) is 19.1. The van der Waals surface area contributed by atoms with Crippen molar-refractivity contribution in [1.82, 2.24) is 4.72 Å². The van der Waals surface area contributed by atoms with E-state index < -0.39 is 25.9 Å². The van der Waals surface area contributed by atoms with Crippen LogP contribution in [0, 0.1) is 0 Å². The Morgan fingerprint density at radius 2 is 1.78 bits per heavy atom. The first kappa shape index (κ1) is 21.8. The Bertz CT molecular complexity index is 833. The third kappa shape index (κ3) is 7.23. The number of unbranched alkanes of at least 4 members (excludes halogenated alkanes) is 4. The zero-order valence-electron chi connectivity index (χ0n) is 15.6. The van der Waals surface area contributed by atoms with Gasteiger partial charge in [0.05, 0.1) is 16.4 Å². The van der Waals surface area contributed by atoms with Crippen LogP contribution in [-0.4, -0.2) is 40.3 Å². The van der Waals surface area contributed by atoms with Crippen molar-refractivity contribution in [3.63, 3.8) is 0 Å². The van der Waals surface area contributed by atoms with Crippen LogP contribution in [0.15, 0.2) is 29.2 Å². The predicted octanol–water partition coefficient (Wildman–Crippen LogP) is 2.45. The van der Waals surface area contributed by atoms with Crippen LogP contribution in [0.4, 0.5) is 5.69 Å². The highest BCUT2D eigenvalue weighted by molar-refractivity contribution is 7.92. The molecule has 1 saturated heterocycles. The molecule has 2 rings (SSSR count). The van der Waals surface area contributed by atoms with E-state index in [1.54, 1.807) is 0 Å². The van der Waals surface area contributed by atoms with Crippen molar-refractivity contribution in [3.8, 4) is 0 Å². The average molecular weight is 417 g/mol. The van der Waals surface area contributed by atoms with Crippen molar-refractivity contribution in [2.45, 2.75) is 62.8 Å². The SMILES string of the molecule is CCCCCCCC(=O)Nc1ccc(S(=O)(=O)NC2CCS(=O)(=O)C2)cc1. The van der Waals surface area contributed by atoms with Gasteiger partial charge in [-0.15, -0.1) is 0 Å². The summed E-state index contributed by atoms with van der Waals surface area (Å²) in [6, 6.07) is 5.29. The highest BCUT2D eigenvalue weighted by Crippen LogP contribution is 2.18. The summed E-state index contributed by atoms with van der Waals surface area (Å²) in [5, 5.41) is 2.76. The van der Waals surface area contributed by atoms with E-state index in [0.29, 0.717) is 12.1 Å². The molecule has 0 radical (unpaired) electrons. The Labute approximate surface area is 161 Å². The molecule has 1 aliphatic heterocycles. The van der Waals surface area contributed by atoms with Gasteiger partial charge in [-0.05, 0) is 37.1 Å². The summed E-state index contributed by atoms with van der Waals surface area (Å²) in [5.74, 6) is -0.251. The molecule has 0 spiro atoms. The Morgan fingerprint density at radius 3 is 2.37 bits per heavy atom. The molecule has 0 aliphatic carbocycles. The number of sulfone groups is 1. The number of carbonyl (C=O) groups excluding carboxylic acids is 1. The molecule has 1 aromatic rings. The molecular formula is C18H28N2O5S2. The summed E-state index contributed by atoms with van der Waals surface area (Å²) in [6.07, 6.45) is 6.07. The monoisotopic (exact) mass is 416 g/mol. The van der Waals surface area contributed by atoms with Crippen LogP contribution < -0.4 is 10.0 Å². The summed E-state index contributed by atoms with van der Waals surface area (Å²) in [5.41, 5.74) is 0.538. The van der Waals surface area contributed by atoms with Crippen LogP contribution in [0.1, 0.15) is 51.9 Å². The van der Waals surface area contributed by atoms with Gasteiger partial charge in [-0.25, -0.2) is 21.6 Å². The van der Waals surface area contributed by atoms with Crippen LogP contribution in [0.5, 0.6) is 0 Å².